The van der Waals surface area contributed by atoms with Crippen molar-refractivity contribution in [3.63, 3.8) is 0 Å². The van der Waals surface area contributed by atoms with E-state index in [0.717, 1.165) is 17.7 Å². The highest BCUT2D eigenvalue weighted by atomic mass is 14.8. The first kappa shape index (κ1) is 18.8. The second-order valence-electron chi connectivity index (χ2n) is 6.42. The highest BCUT2D eigenvalue weighted by Gasteiger charge is 2.19. The lowest BCUT2D eigenvalue weighted by Gasteiger charge is -2.26. The minimum absolute atomic E-state index is 0.323. The maximum atomic E-state index is 4.10. The van der Waals surface area contributed by atoms with E-state index >= 15 is 0 Å². The normalized spacial score (nSPS) is 12.8. The SMILES string of the molecule is C=C(/C=C\C)N/C=C(/CC(C)(C)CCCCC)C(=C)C. The summed E-state index contributed by atoms with van der Waals surface area (Å²) in [5, 5.41) is 3.25. The maximum absolute atomic E-state index is 4.10. The van der Waals surface area contributed by atoms with E-state index in [9.17, 15) is 0 Å². The van der Waals surface area contributed by atoms with Gasteiger partial charge in [-0.3, -0.25) is 0 Å². The van der Waals surface area contributed by atoms with Crippen molar-refractivity contribution in [3.05, 3.63) is 48.4 Å². The Kier molecular flexibility index (Phi) is 9.03. The van der Waals surface area contributed by atoms with Crippen LogP contribution in [0.2, 0.25) is 0 Å². The number of nitrogens with one attached hydrogen (secondary N) is 1. The summed E-state index contributed by atoms with van der Waals surface area (Å²) in [4.78, 5) is 0. The van der Waals surface area contributed by atoms with E-state index < -0.39 is 0 Å². The number of rotatable bonds is 10. The highest BCUT2D eigenvalue weighted by molar-refractivity contribution is 5.28. The van der Waals surface area contributed by atoms with Gasteiger partial charge in [0, 0.05) is 11.9 Å². The molecule has 0 heterocycles. The van der Waals surface area contributed by atoms with E-state index in [1.54, 1.807) is 0 Å². The fraction of sp³-hybridized carbons (Fsp3) is 0.579. The molecule has 0 rings (SSSR count). The first-order valence-electron chi connectivity index (χ1n) is 7.75. The first-order valence-corrected chi connectivity index (χ1v) is 7.75. The van der Waals surface area contributed by atoms with Crippen LogP contribution in [0.25, 0.3) is 0 Å². The topological polar surface area (TPSA) is 12.0 Å². The third-order valence-corrected chi connectivity index (χ3v) is 3.47. The average molecular weight is 275 g/mol. The van der Waals surface area contributed by atoms with E-state index in [1.165, 1.54) is 31.3 Å². The Bertz CT molecular complexity index is 369. The molecule has 114 valence electrons. The quantitative estimate of drug-likeness (QED) is 0.374. The van der Waals surface area contributed by atoms with Gasteiger partial charge in [-0.25, -0.2) is 0 Å². The molecule has 0 fully saturated rings. The lowest BCUT2D eigenvalue weighted by molar-refractivity contribution is 0.318. The van der Waals surface area contributed by atoms with Crippen molar-refractivity contribution >= 4 is 0 Å². The molecule has 1 heteroatoms. The summed E-state index contributed by atoms with van der Waals surface area (Å²) in [6.07, 6.45) is 12.3. The van der Waals surface area contributed by atoms with Crippen LogP contribution in [0.3, 0.4) is 0 Å². The summed E-state index contributed by atoms with van der Waals surface area (Å²) >= 11 is 0. The molecule has 0 spiro atoms. The molecule has 0 aliphatic heterocycles. The zero-order valence-corrected chi connectivity index (χ0v) is 14.2. The molecule has 0 aliphatic carbocycles. The van der Waals surface area contributed by atoms with E-state index in [4.69, 9.17) is 0 Å². The van der Waals surface area contributed by atoms with E-state index in [2.05, 4.69) is 52.4 Å². The highest BCUT2D eigenvalue weighted by Crippen LogP contribution is 2.33. The Morgan fingerprint density at radius 3 is 2.35 bits per heavy atom. The summed E-state index contributed by atoms with van der Waals surface area (Å²) in [5.41, 5.74) is 3.66. The Morgan fingerprint density at radius 2 is 1.85 bits per heavy atom. The molecule has 0 atom stereocenters. The summed E-state index contributed by atoms with van der Waals surface area (Å²) in [6, 6.07) is 0. The van der Waals surface area contributed by atoms with Crippen molar-refractivity contribution in [1.82, 2.24) is 5.32 Å². The third-order valence-electron chi connectivity index (χ3n) is 3.47. The lowest BCUT2D eigenvalue weighted by atomic mass is 9.80. The van der Waals surface area contributed by atoms with Gasteiger partial charge >= 0.3 is 0 Å². The molecule has 0 amide bonds. The lowest BCUT2D eigenvalue weighted by Crippen LogP contribution is -2.14. The average Bonchev–Trinajstić information content (AvgIpc) is 2.34. The molecule has 0 aromatic heterocycles. The Hall–Kier alpha value is -1.24. The van der Waals surface area contributed by atoms with Crippen LogP contribution in [-0.2, 0) is 0 Å². The molecule has 0 bridgehead atoms. The number of hydrogen-bond acceptors (Lipinski definition) is 1. The molecule has 0 aromatic carbocycles. The Morgan fingerprint density at radius 1 is 1.20 bits per heavy atom. The maximum Gasteiger partial charge on any atom is 0.0303 e. The van der Waals surface area contributed by atoms with Crippen LogP contribution in [0.15, 0.2) is 48.4 Å². The number of hydrogen-bond donors (Lipinski definition) is 1. The first-order chi connectivity index (χ1) is 9.32. The van der Waals surface area contributed by atoms with Crippen LogP contribution < -0.4 is 5.32 Å². The van der Waals surface area contributed by atoms with Gasteiger partial charge in [-0.2, -0.15) is 0 Å². The molecule has 1 N–H and O–H groups in total. The molecule has 0 aromatic rings. The zero-order chi connectivity index (χ0) is 15.6. The van der Waals surface area contributed by atoms with Gasteiger partial charge in [-0.1, -0.05) is 64.8 Å². The molecule has 0 saturated heterocycles. The fourth-order valence-corrected chi connectivity index (χ4v) is 2.21. The van der Waals surface area contributed by atoms with Crippen molar-refractivity contribution < 1.29 is 0 Å². The van der Waals surface area contributed by atoms with Crippen molar-refractivity contribution in [2.24, 2.45) is 5.41 Å². The number of allylic oxidation sites excluding steroid dienone is 4. The van der Waals surface area contributed by atoms with Gasteiger partial charge < -0.3 is 5.32 Å². The van der Waals surface area contributed by atoms with Gasteiger partial charge in [0.25, 0.3) is 0 Å². The molecule has 0 aliphatic rings. The van der Waals surface area contributed by atoms with Crippen molar-refractivity contribution in [3.8, 4) is 0 Å². The van der Waals surface area contributed by atoms with E-state index in [-0.39, 0.29) is 0 Å². The second-order valence-corrected chi connectivity index (χ2v) is 6.42. The number of unbranched alkanes of at least 4 members (excludes halogenated alkanes) is 2. The molecule has 20 heavy (non-hydrogen) atoms. The zero-order valence-electron chi connectivity index (χ0n) is 14.2. The van der Waals surface area contributed by atoms with Crippen LogP contribution in [0.5, 0.6) is 0 Å². The van der Waals surface area contributed by atoms with Crippen LogP contribution >= 0.6 is 0 Å². The molecular formula is C19H33N. The van der Waals surface area contributed by atoms with Gasteiger partial charge in [-0.05, 0) is 43.8 Å². The van der Waals surface area contributed by atoms with Gasteiger partial charge in [0.15, 0.2) is 0 Å². The van der Waals surface area contributed by atoms with Gasteiger partial charge in [0.1, 0.15) is 0 Å². The minimum Gasteiger partial charge on any atom is -0.362 e. The Balaban J connectivity index is 4.64. The molecule has 1 nitrogen and oxygen atoms in total. The summed E-state index contributed by atoms with van der Waals surface area (Å²) < 4.78 is 0. The van der Waals surface area contributed by atoms with Crippen LogP contribution in [0.4, 0.5) is 0 Å². The van der Waals surface area contributed by atoms with E-state index in [0.29, 0.717) is 5.41 Å². The molecular weight excluding hydrogens is 242 g/mol. The van der Waals surface area contributed by atoms with Gasteiger partial charge in [0.2, 0.25) is 0 Å². The largest absolute Gasteiger partial charge is 0.362 e. The monoisotopic (exact) mass is 275 g/mol. The second kappa shape index (κ2) is 9.63. The van der Waals surface area contributed by atoms with Crippen LogP contribution in [0.1, 0.15) is 66.7 Å². The molecule has 0 saturated carbocycles. The van der Waals surface area contributed by atoms with Crippen LogP contribution in [0, 0.1) is 5.41 Å². The smallest absolute Gasteiger partial charge is 0.0303 e. The van der Waals surface area contributed by atoms with Crippen molar-refractivity contribution in [2.45, 2.75) is 66.7 Å². The summed E-state index contributed by atoms with van der Waals surface area (Å²) in [7, 11) is 0. The van der Waals surface area contributed by atoms with Crippen molar-refractivity contribution in [2.75, 3.05) is 0 Å². The fourth-order valence-electron chi connectivity index (χ4n) is 2.21. The summed E-state index contributed by atoms with van der Waals surface area (Å²) in [6.45, 7) is 19.1. The van der Waals surface area contributed by atoms with E-state index in [1.807, 2.05) is 19.1 Å². The predicted octanol–water partition coefficient (Wildman–Crippen LogP) is 6.12. The molecule has 0 radical (unpaired) electrons. The van der Waals surface area contributed by atoms with Gasteiger partial charge in [0.05, 0.1) is 0 Å². The predicted molar refractivity (Wildman–Crippen MR) is 92.5 cm³/mol. The minimum atomic E-state index is 0.323. The standard InChI is InChI=1S/C19H33N/c1-8-10-11-13-19(6,7)14-18(16(3)4)15-20-17(5)12-9-2/h9,12,15,20H,3,5,8,10-11,13-14H2,1-2,4,6-7H3/b12-9-,18-15-. The van der Waals surface area contributed by atoms with Crippen molar-refractivity contribution in [1.29, 1.82) is 0 Å². The van der Waals surface area contributed by atoms with Crippen LogP contribution in [-0.4, -0.2) is 0 Å². The van der Waals surface area contributed by atoms with Gasteiger partial charge in [-0.15, -0.1) is 0 Å². The molecule has 0 unspecified atom stereocenters. The Labute approximate surface area is 126 Å². The summed E-state index contributed by atoms with van der Waals surface area (Å²) in [5.74, 6) is 0. The third kappa shape index (κ3) is 8.79.